The molecule has 0 bridgehead atoms. The van der Waals surface area contributed by atoms with Crippen LogP contribution in [0.15, 0.2) is 6.20 Å². The third-order valence-electron chi connectivity index (χ3n) is 1.52. The highest BCUT2D eigenvalue weighted by Crippen LogP contribution is 2.36. The van der Waals surface area contributed by atoms with Crippen molar-refractivity contribution < 1.29 is 24.1 Å². The molecule has 1 aromatic heterocycles. The molecule has 0 atom stereocenters. The van der Waals surface area contributed by atoms with E-state index in [-0.39, 0.29) is 5.69 Å². The number of aliphatic hydroxyl groups excluding tert-OH is 1. The molecule has 1 heterocycles. The van der Waals surface area contributed by atoms with E-state index in [1.807, 2.05) is 0 Å². The molecule has 72 valence electrons. The first-order valence-electron chi connectivity index (χ1n) is 3.36. The van der Waals surface area contributed by atoms with E-state index in [9.17, 15) is 8.78 Å². The number of hydrogen-bond donors (Lipinski definition) is 3. The van der Waals surface area contributed by atoms with Crippen molar-refractivity contribution >= 4 is 0 Å². The summed E-state index contributed by atoms with van der Waals surface area (Å²) < 4.78 is 24.4. The van der Waals surface area contributed by atoms with Crippen molar-refractivity contribution in [3.63, 3.8) is 0 Å². The molecule has 0 saturated heterocycles. The molecule has 0 amide bonds. The zero-order chi connectivity index (χ0) is 10.0. The first-order chi connectivity index (χ1) is 6.07. The minimum absolute atomic E-state index is 0.284. The number of nitrogens with zero attached hydrogens (tertiary/aromatic N) is 1. The molecule has 4 nitrogen and oxygen atoms in total. The smallest absolute Gasteiger partial charge is 0.271 e. The second kappa shape index (κ2) is 3.53. The van der Waals surface area contributed by atoms with Crippen LogP contribution in [0.1, 0.15) is 17.7 Å². The lowest BCUT2D eigenvalue weighted by Gasteiger charge is -2.07. The Morgan fingerprint density at radius 1 is 1.38 bits per heavy atom. The summed E-state index contributed by atoms with van der Waals surface area (Å²) in [5.74, 6) is -1.65. The third-order valence-corrected chi connectivity index (χ3v) is 1.52. The fourth-order valence-corrected chi connectivity index (χ4v) is 0.877. The lowest BCUT2D eigenvalue weighted by atomic mass is 10.2. The zero-order valence-electron chi connectivity index (χ0n) is 6.41. The number of aromatic nitrogens is 1. The SMILES string of the molecule is OCc1ncc(O)c(C(F)F)c1O. The van der Waals surface area contributed by atoms with Gasteiger partial charge in [0.1, 0.15) is 17.0 Å². The van der Waals surface area contributed by atoms with Gasteiger partial charge in [0, 0.05) is 0 Å². The molecule has 0 aromatic carbocycles. The Morgan fingerprint density at radius 3 is 2.46 bits per heavy atom. The number of halogens is 2. The van der Waals surface area contributed by atoms with Crippen LogP contribution in [-0.2, 0) is 6.61 Å². The topological polar surface area (TPSA) is 73.6 Å². The molecular weight excluding hydrogens is 184 g/mol. The van der Waals surface area contributed by atoms with Crippen LogP contribution in [0.4, 0.5) is 8.78 Å². The Kier molecular flexibility index (Phi) is 2.62. The summed E-state index contributed by atoms with van der Waals surface area (Å²) in [7, 11) is 0. The van der Waals surface area contributed by atoms with Crippen LogP contribution in [0.3, 0.4) is 0 Å². The van der Waals surface area contributed by atoms with Gasteiger partial charge < -0.3 is 15.3 Å². The minimum atomic E-state index is -3.01. The van der Waals surface area contributed by atoms with Gasteiger partial charge in [0.2, 0.25) is 0 Å². The normalized spacial score (nSPS) is 10.8. The summed E-state index contributed by atoms with van der Waals surface area (Å²) in [6.45, 7) is -0.661. The van der Waals surface area contributed by atoms with Crippen LogP contribution >= 0.6 is 0 Å². The van der Waals surface area contributed by atoms with Gasteiger partial charge in [0.15, 0.2) is 5.75 Å². The van der Waals surface area contributed by atoms with Crippen LogP contribution in [0.2, 0.25) is 0 Å². The molecule has 0 aliphatic rings. The lowest BCUT2D eigenvalue weighted by Crippen LogP contribution is -1.95. The first-order valence-corrected chi connectivity index (χ1v) is 3.36. The Hall–Kier alpha value is -1.43. The van der Waals surface area contributed by atoms with Crippen molar-refractivity contribution in [3.8, 4) is 11.5 Å². The Balaban J connectivity index is 3.30. The molecule has 0 aliphatic carbocycles. The fourth-order valence-electron chi connectivity index (χ4n) is 0.877. The van der Waals surface area contributed by atoms with Crippen molar-refractivity contribution in [3.05, 3.63) is 17.5 Å². The lowest BCUT2D eigenvalue weighted by molar-refractivity contribution is 0.142. The first kappa shape index (κ1) is 9.66. The summed E-state index contributed by atoms with van der Waals surface area (Å²) in [6, 6.07) is 0. The maximum absolute atomic E-state index is 12.2. The van der Waals surface area contributed by atoms with Crippen molar-refractivity contribution in [1.29, 1.82) is 0 Å². The molecule has 0 unspecified atom stereocenters. The van der Waals surface area contributed by atoms with Gasteiger partial charge in [-0.05, 0) is 0 Å². The van der Waals surface area contributed by atoms with Crippen LogP contribution in [0.25, 0.3) is 0 Å². The fraction of sp³-hybridized carbons (Fsp3) is 0.286. The van der Waals surface area contributed by atoms with Crippen molar-refractivity contribution in [2.45, 2.75) is 13.0 Å². The molecule has 0 fully saturated rings. The highest BCUT2D eigenvalue weighted by molar-refractivity contribution is 5.44. The van der Waals surface area contributed by atoms with Crippen molar-refractivity contribution in [2.75, 3.05) is 0 Å². The summed E-state index contributed by atoms with van der Waals surface area (Å²) in [5.41, 5.74) is -1.19. The predicted octanol–water partition coefficient (Wildman–Crippen LogP) is 0.923. The van der Waals surface area contributed by atoms with E-state index in [1.54, 1.807) is 0 Å². The van der Waals surface area contributed by atoms with Crippen LogP contribution < -0.4 is 0 Å². The van der Waals surface area contributed by atoms with Crippen LogP contribution in [-0.4, -0.2) is 20.3 Å². The molecule has 0 aliphatic heterocycles. The molecule has 0 radical (unpaired) electrons. The molecule has 0 saturated carbocycles. The maximum atomic E-state index is 12.2. The maximum Gasteiger partial charge on any atom is 0.271 e. The average molecular weight is 191 g/mol. The van der Waals surface area contributed by atoms with E-state index in [1.165, 1.54) is 0 Å². The minimum Gasteiger partial charge on any atom is -0.506 e. The number of alkyl halides is 2. The van der Waals surface area contributed by atoms with Gasteiger partial charge in [-0.2, -0.15) is 0 Å². The second-order valence-corrected chi connectivity index (χ2v) is 2.31. The molecule has 3 N–H and O–H groups in total. The zero-order valence-corrected chi connectivity index (χ0v) is 6.41. The van der Waals surface area contributed by atoms with Crippen LogP contribution in [0, 0.1) is 0 Å². The quantitative estimate of drug-likeness (QED) is 0.649. The third kappa shape index (κ3) is 1.67. The van der Waals surface area contributed by atoms with Gasteiger partial charge in [0.05, 0.1) is 12.8 Å². The summed E-state index contributed by atoms with van der Waals surface area (Å²) in [6.07, 6.45) is -2.25. The van der Waals surface area contributed by atoms with E-state index >= 15 is 0 Å². The van der Waals surface area contributed by atoms with Gasteiger partial charge in [-0.3, -0.25) is 4.98 Å². The van der Waals surface area contributed by atoms with E-state index < -0.39 is 30.1 Å². The number of pyridine rings is 1. The Morgan fingerprint density at radius 2 is 2.00 bits per heavy atom. The van der Waals surface area contributed by atoms with Crippen molar-refractivity contribution in [2.24, 2.45) is 0 Å². The molecule has 13 heavy (non-hydrogen) atoms. The van der Waals surface area contributed by atoms with Gasteiger partial charge in [0.25, 0.3) is 6.43 Å². The molecular formula is C7H7F2NO3. The largest absolute Gasteiger partial charge is 0.506 e. The Labute approximate surface area is 72.1 Å². The van der Waals surface area contributed by atoms with E-state index in [4.69, 9.17) is 15.3 Å². The number of rotatable bonds is 2. The predicted molar refractivity (Wildman–Crippen MR) is 38.4 cm³/mol. The summed E-state index contributed by atoms with van der Waals surface area (Å²) in [5, 5.41) is 26.5. The highest BCUT2D eigenvalue weighted by Gasteiger charge is 2.21. The summed E-state index contributed by atoms with van der Waals surface area (Å²) >= 11 is 0. The monoisotopic (exact) mass is 191 g/mol. The van der Waals surface area contributed by atoms with Gasteiger partial charge in [-0.25, -0.2) is 8.78 Å². The van der Waals surface area contributed by atoms with Gasteiger partial charge >= 0.3 is 0 Å². The number of hydrogen-bond acceptors (Lipinski definition) is 4. The molecule has 0 spiro atoms. The van der Waals surface area contributed by atoms with Gasteiger partial charge in [-0.1, -0.05) is 0 Å². The molecule has 1 aromatic rings. The Bertz CT molecular complexity index is 317. The number of aliphatic hydroxyl groups is 1. The van der Waals surface area contributed by atoms with E-state index in [0.717, 1.165) is 6.20 Å². The van der Waals surface area contributed by atoms with Gasteiger partial charge in [-0.15, -0.1) is 0 Å². The van der Waals surface area contributed by atoms with Crippen molar-refractivity contribution in [1.82, 2.24) is 4.98 Å². The molecule has 1 rings (SSSR count). The average Bonchev–Trinajstić information content (AvgIpc) is 2.04. The second-order valence-electron chi connectivity index (χ2n) is 2.31. The van der Waals surface area contributed by atoms with E-state index in [2.05, 4.69) is 4.98 Å². The molecule has 6 heteroatoms. The standard InChI is InChI=1S/C7H7F2NO3/c8-7(9)5-4(12)1-10-3(2-11)6(5)13/h1,7,11-13H,2H2. The highest BCUT2D eigenvalue weighted by atomic mass is 19.3. The van der Waals surface area contributed by atoms with E-state index in [0.29, 0.717) is 0 Å². The van der Waals surface area contributed by atoms with Crippen LogP contribution in [0.5, 0.6) is 11.5 Å². The number of aromatic hydroxyl groups is 2. The summed E-state index contributed by atoms with van der Waals surface area (Å²) in [4.78, 5) is 3.36.